The number of urea groups is 1. The van der Waals surface area contributed by atoms with Crippen LogP contribution in [0.4, 0.5) is 14.9 Å². The number of aromatic nitrogens is 1. The summed E-state index contributed by atoms with van der Waals surface area (Å²) >= 11 is 1.44. The van der Waals surface area contributed by atoms with Crippen LogP contribution in [0.25, 0.3) is 0 Å². The number of amides is 3. The zero-order chi connectivity index (χ0) is 21.4. The van der Waals surface area contributed by atoms with Gasteiger partial charge in [0.2, 0.25) is 5.91 Å². The third-order valence-corrected chi connectivity index (χ3v) is 6.92. The van der Waals surface area contributed by atoms with Gasteiger partial charge in [0.05, 0.1) is 15.8 Å². The average Bonchev–Trinajstić information content (AvgIpc) is 3.23. The molecule has 1 aliphatic carbocycles. The van der Waals surface area contributed by atoms with Crippen LogP contribution in [0.15, 0.2) is 35.4 Å². The van der Waals surface area contributed by atoms with Crippen molar-refractivity contribution in [1.29, 1.82) is 0 Å². The maximum atomic E-state index is 14.6. The summed E-state index contributed by atoms with van der Waals surface area (Å²) in [5.74, 6) is 0.0919. The van der Waals surface area contributed by atoms with Gasteiger partial charge >= 0.3 is 6.03 Å². The Morgan fingerprint density at radius 3 is 2.71 bits per heavy atom. The lowest BCUT2D eigenvalue weighted by molar-refractivity contribution is -0.129. The van der Waals surface area contributed by atoms with Gasteiger partial charge in [-0.15, -0.1) is 11.8 Å². The molecule has 2 aliphatic heterocycles. The Morgan fingerprint density at radius 1 is 1.16 bits per heavy atom. The van der Waals surface area contributed by atoms with Crippen LogP contribution in [0, 0.1) is 5.82 Å². The van der Waals surface area contributed by atoms with Gasteiger partial charge in [-0.1, -0.05) is 0 Å². The summed E-state index contributed by atoms with van der Waals surface area (Å²) in [7, 11) is 0. The van der Waals surface area contributed by atoms with Gasteiger partial charge in [-0.05, 0) is 37.8 Å². The van der Waals surface area contributed by atoms with Gasteiger partial charge in [0, 0.05) is 49.6 Å². The molecule has 1 saturated carbocycles. The third kappa shape index (κ3) is 4.46. The highest BCUT2D eigenvalue weighted by Crippen LogP contribution is 2.44. The lowest BCUT2D eigenvalue weighted by atomic mass is 10.2. The summed E-state index contributed by atoms with van der Waals surface area (Å²) in [5.41, 5.74) is 1.16. The van der Waals surface area contributed by atoms with Crippen LogP contribution in [0.1, 0.15) is 31.4 Å². The third-order valence-electron chi connectivity index (χ3n) is 5.60. The molecular formula is C22H23FN4O3S. The Morgan fingerprint density at radius 2 is 1.97 bits per heavy atom. The normalized spacial score (nSPS) is 19.8. The van der Waals surface area contributed by atoms with E-state index in [1.54, 1.807) is 18.3 Å². The molecule has 1 atom stereocenters. The molecule has 0 bridgehead atoms. The number of fused-ring (bicyclic) bond motifs is 1. The van der Waals surface area contributed by atoms with Gasteiger partial charge in [0.15, 0.2) is 11.6 Å². The van der Waals surface area contributed by atoms with Crippen LogP contribution in [-0.4, -0.2) is 46.2 Å². The molecular weight excluding hydrogens is 419 g/mol. The number of nitrogens with zero attached hydrogens (tertiary/aromatic N) is 2. The van der Waals surface area contributed by atoms with Crippen molar-refractivity contribution < 1.29 is 18.7 Å². The van der Waals surface area contributed by atoms with E-state index in [1.165, 1.54) is 23.9 Å². The van der Waals surface area contributed by atoms with E-state index in [9.17, 15) is 14.0 Å². The van der Waals surface area contributed by atoms with Gasteiger partial charge in [-0.2, -0.15) is 0 Å². The van der Waals surface area contributed by atoms with Crippen LogP contribution in [-0.2, 0) is 11.2 Å². The van der Waals surface area contributed by atoms with Gasteiger partial charge < -0.3 is 20.3 Å². The summed E-state index contributed by atoms with van der Waals surface area (Å²) in [5, 5.41) is 5.21. The molecule has 0 spiro atoms. The van der Waals surface area contributed by atoms with Crippen LogP contribution < -0.4 is 15.4 Å². The molecule has 5 rings (SSSR count). The van der Waals surface area contributed by atoms with E-state index in [1.807, 2.05) is 4.90 Å². The molecule has 3 heterocycles. The molecule has 2 fully saturated rings. The van der Waals surface area contributed by atoms with Crippen LogP contribution in [0.3, 0.4) is 0 Å². The highest BCUT2D eigenvalue weighted by atomic mass is 32.2. The van der Waals surface area contributed by atoms with Gasteiger partial charge in [-0.3, -0.25) is 9.78 Å². The second-order valence-electron chi connectivity index (χ2n) is 8.05. The van der Waals surface area contributed by atoms with Crippen molar-refractivity contribution in [2.75, 3.05) is 18.4 Å². The summed E-state index contributed by atoms with van der Waals surface area (Å²) in [4.78, 5) is 31.7. The molecule has 1 unspecified atom stereocenters. The first kappa shape index (κ1) is 20.1. The van der Waals surface area contributed by atoms with E-state index < -0.39 is 5.82 Å². The number of halogens is 1. The van der Waals surface area contributed by atoms with Crippen molar-refractivity contribution in [2.24, 2.45) is 0 Å². The van der Waals surface area contributed by atoms with Crippen molar-refractivity contribution in [3.63, 3.8) is 0 Å². The fraction of sp³-hybridized carbons (Fsp3) is 0.409. The van der Waals surface area contributed by atoms with Crippen molar-refractivity contribution >= 4 is 29.4 Å². The predicted octanol–water partition coefficient (Wildman–Crippen LogP) is 3.94. The average molecular weight is 443 g/mol. The van der Waals surface area contributed by atoms with E-state index in [0.29, 0.717) is 17.9 Å². The molecule has 162 valence electrons. The Labute approximate surface area is 183 Å². The van der Waals surface area contributed by atoms with E-state index in [-0.39, 0.29) is 29.0 Å². The minimum Gasteiger partial charge on any atom is -0.453 e. The van der Waals surface area contributed by atoms with Crippen molar-refractivity contribution in [1.82, 2.24) is 15.2 Å². The summed E-state index contributed by atoms with van der Waals surface area (Å²) < 4.78 is 20.5. The van der Waals surface area contributed by atoms with E-state index in [2.05, 4.69) is 15.6 Å². The minimum atomic E-state index is -0.581. The monoisotopic (exact) mass is 442 g/mol. The maximum absolute atomic E-state index is 14.6. The number of benzene rings is 1. The lowest BCUT2D eigenvalue weighted by Gasteiger charge is -2.18. The standard InChI is InChI=1S/C22H23FN4O3S/c23-15-11-14(26-22(29)25-13-3-4-13)5-6-17(15)30-18-7-8-24-16-12-19(31-20(16)18)21(28)27-9-1-2-10-27/h5-8,11,13,19H,1-4,9-10,12H2,(H2,25,26,29). The number of rotatable bonds is 5. The molecule has 1 aromatic carbocycles. The Hall–Kier alpha value is -2.81. The van der Waals surface area contributed by atoms with Crippen molar-refractivity contribution in [2.45, 2.75) is 48.3 Å². The highest BCUT2D eigenvalue weighted by molar-refractivity contribution is 8.01. The molecule has 1 aromatic heterocycles. The van der Waals surface area contributed by atoms with E-state index in [4.69, 9.17) is 4.74 Å². The molecule has 9 heteroatoms. The van der Waals surface area contributed by atoms with Crippen molar-refractivity contribution in [3.05, 3.63) is 42.0 Å². The number of thioether (sulfide) groups is 1. The fourth-order valence-corrected chi connectivity index (χ4v) is 5.10. The number of hydrogen-bond donors (Lipinski definition) is 2. The molecule has 3 amide bonds. The lowest BCUT2D eigenvalue weighted by Crippen LogP contribution is -2.35. The molecule has 1 saturated heterocycles. The number of likely N-dealkylation sites (tertiary alicyclic amines) is 1. The second-order valence-corrected chi connectivity index (χ2v) is 9.26. The SMILES string of the molecule is O=C(Nc1ccc(Oc2ccnc3c2SC(C(=O)N2CCCC2)C3)c(F)c1)NC1CC1. The number of nitrogens with one attached hydrogen (secondary N) is 2. The molecule has 31 heavy (non-hydrogen) atoms. The quantitative estimate of drug-likeness (QED) is 0.733. The first-order valence-electron chi connectivity index (χ1n) is 10.5. The maximum Gasteiger partial charge on any atom is 0.319 e. The number of ether oxygens (including phenoxy) is 1. The molecule has 0 radical (unpaired) electrons. The summed E-state index contributed by atoms with van der Waals surface area (Å²) in [6.07, 6.45) is 6.23. The number of carbonyl (C=O) groups is 2. The van der Waals surface area contributed by atoms with Crippen LogP contribution >= 0.6 is 11.8 Å². The van der Waals surface area contributed by atoms with Crippen LogP contribution in [0.2, 0.25) is 0 Å². The zero-order valence-corrected chi connectivity index (χ0v) is 17.7. The first-order chi connectivity index (χ1) is 15.1. The molecule has 7 nitrogen and oxygen atoms in total. The zero-order valence-electron chi connectivity index (χ0n) is 16.9. The topological polar surface area (TPSA) is 83.6 Å². The molecule has 3 aliphatic rings. The number of hydrogen-bond acceptors (Lipinski definition) is 5. The van der Waals surface area contributed by atoms with Gasteiger partial charge in [0.25, 0.3) is 0 Å². The number of carbonyl (C=O) groups excluding carboxylic acids is 2. The van der Waals surface area contributed by atoms with Crippen molar-refractivity contribution in [3.8, 4) is 11.5 Å². The summed E-state index contributed by atoms with van der Waals surface area (Å²) in [6, 6.07) is 5.88. The summed E-state index contributed by atoms with van der Waals surface area (Å²) in [6.45, 7) is 1.63. The Bertz CT molecular complexity index is 1020. The highest BCUT2D eigenvalue weighted by Gasteiger charge is 2.35. The van der Waals surface area contributed by atoms with Gasteiger partial charge in [-0.25, -0.2) is 9.18 Å². The Kier molecular flexibility index (Phi) is 5.43. The molecule has 2 N–H and O–H groups in total. The minimum absolute atomic E-state index is 0.0523. The smallest absolute Gasteiger partial charge is 0.319 e. The van der Waals surface area contributed by atoms with Crippen LogP contribution in [0.5, 0.6) is 11.5 Å². The second kappa shape index (κ2) is 8.37. The first-order valence-corrected chi connectivity index (χ1v) is 11.4. The van der Waals surface area contributed by atoms with Gasteiger partial charge in [0.1, 0.15) is 5.75 Å². The predicted molar refractivity (Wildman–Crippen MR) is 115 cm³/mol. The largest absolute Gasteiger partial charge is 0.453 e. The fourth-order valence-electron chi connectivity index (χ4n) is 3.82. The number of anilines is 1. The number of pyridine rings is 1. The Balaban J connectivity index is 1.27. The molecule has 2 aromatic rings. The van der Waals surface area contributed by atoms with E-state index in [0.717, 1.165) is 49.4 Å². The van der Waals surface area contributed by atoms with E-state index >= 15 is 0 Å².